The highest BCUT2D eigenvalue weighted by Crippen LogP contribution is 2.32. The summed E-state index contributed by atoms with van der Waals surface area (Å²) in [5.41, 5.74) is 2.13. The molecule has 3 aromatic rings. The predicted octanol–water partition coefficient (Wildman–Crippen LogP) is 3.76. The van der Waals surface area contributed by atoms with Gasteiger partial charge in [-0.15, -0.1) is 11.3 Å². The van der Waals surface area contributed by atoms with Gasteiger partial charge in [-0.2, -0.15) is 0 Å². The normalized spacial score (nSPS) is 11.0. The van der Waals surface area contributed by atoms with Gasteiger partial charge in [0.15, 0.2) is 0 Å². The molecule has 0 atom stereocenters. The van der Waals surface area contributed by atoms with Crippen molar-refractivity contribution < 1.29 is 5.11 Å². The van der Waals surface area contributed by atoms with Crippen molar-refractivity contribution in [2.75, 3.05) is 0 Å². The van der Waals surface area contributed by atoms with E-state index < -0.39 is 0 Å². The zero-order valence-electron chi connectivity index (χ0n) is 10.1. The lowest BCUT2D eigenvalue weighted by atomic mass is 10.0. The van der Waals surface area contributed by atoms with Crippen LogP contribution in [0.4, 0.5) is 0 Å². The van der Waals surface area contributed by atoms with E-state index in [4.69, 9.17) is 0 Å². The summed E-state index contributed by atoms with van der Waals surface area (Å²) in [6.45, 7) is 2.06. The van der Waals surface area contributed by atoms with Gasteiger partial charge in [0.25, 0.3) is 0 Å². The smallest absolute Gasteiger partial charge is 0.119 e. The molecule has 0 bridgehead atoms. The fraction of sp³-hybridized carbons (Fsp3) is 0.133. The lowest BCUT2D eigenvalue weighted by Crippen LogP contribution is -1.85. The van der Waals surface area contributed by atoms with Gasteiger partial charge in [-0.1, -0.05) is 42.5 Å². The zero-order valence-corrected chi connectivity index (χ0v) is 10.9. The van der Waals surface area contributed by atoms with Gasteiger partial charge in [0.1, 0.15) is 5.01 Å². The second-order valence-electron chi connectivity index (χ2n) is 4.20. The minimum absolute atomic E-state index is 0.0102. The maximum Gasteiger partial charge on any atom is 0.119 e. The molecule has 2 aromatic carbocycles. The molecule has 3 heteroatoms. The molecule has 0 spiro atoms. The summed E-state index contributed by atoms with van der Waals surface area (Å²) >= 11 is 1.56. The van der Waals surface area contributed by atoms with Crippen molar-refractivity contribution >= 4 is 22.1 Å². The van der Waals surface area contributed by atoms with Gasteiger partial charge < -0.3 is 5.11 Å². The lowest BCUT2D eigenvalue weighted by Gasteiger charge is -2.04. The highest BCUT2D eigenvalue weighted by Gasteiger charge is 2.11. The number of benzene rings is 2. The molecule has 0 amide bonds. The fourth-order valence-electron chi connectivity index (χ4n) is 2.20. The third-order valence-corrected chi connectivity index (χ3v) is 3.98. The van der Waals surface area contributed by atoms with E-state index >= 15 is 0 Å². The Kier molecular flexibility index (Phi) is 2.86. The van der Waals surface area contributed by atoms with Crippen molar-refractivity contribution in [1.82, 2.24) is 4.98 Å². The standard InChI is InChI=1S/C15H13NOS/c1-10-15(16-14(9-17)18-10)13-8-4-6-11-5-2-3-7-12(11)13/h2-8,17H,9H2,1H3. The lowest BCUT2D eigenvalue weighted by molar-refractivity contribution is 0.281. The maximum absolute atomic E-state index is 9.18. The number of nitrogens with zero attached hydrogens (tertiary/aromatic N) is 1. The van der Waals surface area contributed by atoms with Crippen molar-refractivity contribution in [2.45, 2.75) is 13.5 Å². The van der Waals surface area contributed by atoms with Crippen molar-refractivity contribution in [3.63, 3.8) is 0 Å². The maximum atomic E-state index is 9.18. The molecule has 0 radical (unpaired) electrons. The van der Waals surface area contributed by atoms with Gasteiger partial charge in [-0.3, -0.25) is 0 Å². The Balaban J connectivity index is 2.27. The Hall–Kier alpha value is -1.71. The Morgan fingerprint density at radius 2 is 1.89 bits per heavy atom. The van der Waals surface area contributed by atoms with Crippen molar-refractivity contribution in [1.29, 1.82) is 0 Å². The Morgan fingerprint density at radius 3 is 2.67 bits per heavy atom. The molecule has 2 nitrogen and oxygen atoms in total. The first kappa shape index (κ1) is 11.4. The number of aromatic nitrogens is 1. The van der Waals surface area contributed by atoms with E-state index in [0.717, 1.165) is 21.1 Å². The summed E-state index contributed by atoms with van der Waals surface area (Å²) in [6.07, 6.45) is 0. The minimum atomic E-state index is 0.0102. The van der Waals surface area contributed by atoms with Gasteiger partial charge in [-0.05, 0) is 17.7 Å². The molecule has 0 aliphatic carbocycles. The van der Waals surface area contributed by atoms with Gasteiger partial charge in [0.05, 0.1) is 12.3 Å². The van der Waals surface area contributed by atoms with Crippen LogP contribution in [0.5, 0.6) is 0 Å². The monoisotopic (exact) mass is 255 g/mol. The van der Waals surface area contributed by atoms with Gasteiger partial charge in [-0.25, -0.2) is 4.98 Å². The molecule has 18 heavy (non-hydrogen) atoms. The van der Waals surface area contributed by atoms with Crippen LogP contribution in [0.1, 0.15) is 9.88 Å². The molecule has 0 aliphatic heterocycles. The molecule has 3 rings (SSSR count). The Bertz CT molecular complexity index is 697. The summed E-state index contributed by atoms with van der Waals surface area (Å²) < 4.78 is 0. The number of aliphatic hydroxyl groups excluding tert-OH is 1. The van der Waals surface area contributed by atoms with Gasteiger partial charge in [0, 0.05) is 10.4 Å². The van der Waals surface area contributed by atoms with E-state index in [0.29, 0.717) is 0 Å². The molecule has 1 heterocycles. The van der Waals surface area contributed by atoms with Gasteiger partial charge in [0.2, 0.25) is 0 Å². The third kappa shape index (κ3) is 1.82. The molecular weight excluding hydrogens is 242 g/mol. The number of hydrogen-bond acceptors (Lipinski definition) is 3. The first-order valence-corrected chi connectivity index (χ1v) is 6.66. The zero-order chi connectivity index (χ0) is 12.5. The van der Waals surface area contributed by atoms with Crippen LogP contribution in [0.15, 0.2) is 42.5 Å². The molecule has 90 valence electrons. The SMILES string of the molecule is Cc1sc(CO)nc1-c1cccc2ccccc12. The first-order chi connectivity index (χ1) is 8.79. The average Bonchev–Trinajstić information content (AvgIpc) is 2.79. The van der Waals surface area contributed by atoms with Gasteiger partial charge >= 0.3 is 0 Å². The molecule has 1 N–H and O–H groups in total. The summed E-state index contributed by atoms with van der Waals surface area (Å²) in [5.74, 6) is 0. The third-order valence-electron chi connectivity index (χ3n) is 3.02. The largest absolute Gasteiger partial charge is 0.389 e. The molecule has 0 unspecified atom stereocenters. The second kappa shape index (κ2) is 4.52. The second-order valence-corrected chi connectivity index (χ2v) is 5.48. The summed E-state index contributed by atoms with van der Waals surface area (Å²) in [5, 5.41) is 12.4. The summed E-state index contributed by atoms with van der Waals surface area (Å²) in [6, 6.07) is 14.5. The van der Waals surface area contributed by atoms with Crippen LogP contribution in [0.2, 0.25) is 0 Å². The molecule has 0 aliphatic rings. The van der Waals surface area contributed by atoms with Crippen molar-refractivity contribution in [3.8, 4) is 11.3 Å². The van der Waals surface area contributed by atoms with Crippen LogP contribution in [-0.4, -0.2) is 10.1 Å². The van der Waals surface area contributed by atoms with E-state index in [2.05, 4.69) is 35.3 Å². The van der Waals surface area contributed by atoms with E-state index in [1.807, 2.05) is 19.1 Å². The molecule has 0 fully saturated rings. The van der Waals surface area contributed by atoms with Crippen LogP contribution in [0, 0.1) is 6.92 Å². The van der Waals surface area contributed by atoms with Crippen LogP contribution in [0.25, 0.3) is 22.0 Å². The Morgan fingerprint density at radius 1 is 1.11 bits per heavy atom. The van der Waals surface area contributed by atoms with Crippen LogP contribution >= 0.6 is 11.3 Å². The van der Waals surface area contributed by atoms with E-state index in [9.17, 15) is 5.11 Å². The number of fused-ring (bicyclic) bond motifs is 1. The average molecular weight is 255 g/mol. The minimum Gasteiger partial charge on any atom is -0.389 e. The molecule has 0 saturated carbocycles. The number of hydrogen-bond donors (Lipinski definition) is 1. The number of thiazole rings is 1. The van der Waals surface area contributed by atoms with E-state index in [-0.39, 0.29) is 6.61 Å². The van der Waals surface area contributed by atoms with Crippen LogP contribution in [0.3, 0.4) is 0 Å². The quantitative estimate of drug-likeness (QED) is 0.756. The molecular formula is C15H13NOS. The summed E-state index contributed by atoms with van der Waals surface area (Å²) in [4.78, 5) is 5.67. The number of rotatable bonds is 2. The Labute approximate surface area is 110 Å². The topological polar surface area (TPSA) is 33.1 Å². The van der Waals surface area contributed by atoms with Crippen LogP contribution < -0.4 is 0 Å². The highest BCUT2D eigenvalue weighted by molar-refractivity contribution is 7.12. The van der Waals surface area contributed by atoms with E-state index in [1.165, 1.54) is 10.8 Å². The number of aryl methyl sites for hydroxylation is 1. The predicted molar refractivity (Wildman–Crippen MR) is 75.7 cm³/mol. The molecule has 1 aromatic heterocycles. The number of aliphatic hydroxyl groups is 1. The van der Waals surface area contributed by atoms with Crippen molar-refractivity contribution in [2.24, 2.45) is 0 Å². The highest BCUT2D eigenvalue weighted by atomic mass is 32.1. The summed E-state index contributed by atoms with van der Waals surface area (Å²) in [7, 11) is 0. The first-order valence-electron chi connectivity index (χ1n) is 5.85. The van der Waals surface area contributed by atoms with Crippen molar-refractivity contribution in [3.05, 3.63) is 52.3 Å². The fourth-order valence-corrected chi connectivity index (χ4v) is 3.01. The van der Waals surface area contributed by atoms with Crippen LogP contribution in [-0.2, 0) is 6.61 Å². The van der Waals surface area contributed by atoms with E-state index in [1.54, 1.807) is 11.3 Å². The molecule has 0 saturated heterocycles.